The number of tetrazole rings is 1. The third-order valence-electron chi connectivity index (χ3n) is 4.89. The van der Waals surface area contributed by atoms with Crippen LogP contribution in [-0.2, 0) is 16.0 Å². The van der Waals surface area contributed by atoms with E-state index in [-0.39, 0.29) is 12.2 Å². The number of carbonyl (C=O) groups is 2. The van der Waals surface area contributed by atoms with Crippen molar-refractivity contribution in [3.63, 3.8) is 0 Å². The Kier molecular flexibility index (Phi) is 7.53. The Bertz CT molecular complexity index is 1330. The Hall–Kier alpha value is -4.44. The maximum Gasteiger partial charge on any atom is 0.248 e. The fourth-order valence-electron chi connectivity index (χ4n) is 3.25. The zero-order chi connectivity index (χ0) is 24.6. The number of hydrogen-bond acceptors (Lipinski definition) is 6. The number of aromatic nitrogens is 5. The number of pyridine rings is 1. The molecule has 0 aliphatic heterocycles. The maximum absolute atomic E-state index is 13.1. The molecule has 0 spiro atoms. The Morgan fingerprint density at radius 3 is 2.66 bits per heavy atom. The Labute approximate surface area is 204 Å². The SMILES string of the molecule is O=C(/C=C/c1cc(Cl)ccc1-n1cnnn1)NC(Cc1ccccc1)C(=O)Nc1ccc(F)cn1. The first-order valence-corrected chi connectivity index (χ1v) is 10.8. The third kappa shape index (κ3) is 6.55. The van der Waals surface area contributed by atoms with Gasteiger partial charge in [0.2, 0.25) is 11.8 Å². The standard InChI is InChI=1S/C24H19ClFN7O2/c25-18-7-9-21(33-15-28-31-32-33)17(13-18)6-11-23(34)29-20(12-16-4-2-1-3-5-16)24(35)30-22-10-8-19(26)14-27-22/h1-11,13-15,20H,12H2,(H,29,34)(H,27,30,35)/b11-6+. The summed E-state index contributed by atoms with van der Waals surface area (Å²) >= 11 is 6.12. The molecule has 35 heavy (non-hydrogen) atoms. The smallest absolute Gasteiger partial charge is 0.248 e. The highest BCUT2D eigenvalue weighted by Crippen LogP contribution is 2.20. The van der Waals surface area contributed by atoms with E-state index in [0.717, 1.165) is 11.8 Å². The van der Waals surface area contributed by atoms with Gasteiger partial charge in [0.05, 0.1) is 11.9 Å². The van der Waals surface area contributed by atoms with E-state index in [4.69, 9.17) is 11.6 Å². The van der Waals surface area contributed by atoms with Crippen molar-refractivity contribution in [2.75, 3.05) is 5.32 Å². The number of anilines is 1. The lowest BCUT2D eigenvalue weighted by molar-refractivity contribution is -0.123. The van der Waals surface area contributed by atoms with E-state index in [1.54, 1.807) is 24.3 Å². The van der Waals surface area contributed by atoms with E-state index < -0.39 is 23.7 Å². The van der Waals surface area contributed by atoms with Crippen molar-refractivity contribution in [3.8, 4) is 5.69 Å². The maximum atomic E-state index is 13.1. The first-order valence-electron chi connectivity index (χ1n) is 10.5. The molecule has 0 aliphatic carbocycles. The van der Waals surface area contributed by atoms with Crippen LogP contribution in [0.5, 0.6) is 0 Å². The Morgan fingerprint density at radius 2 is 1.94 bits per heavy atom. The van der Waals surface area contributed by atoms with Crippen molar-refractivity contribution in [2.45, 2.75) is 12.5 Å². The molecule has 2 heterocycles. The summed E-state index contributed by atoms with van der Waals surface area (Å²) in [4.78, 5) is 29.6. The summed E-state index contributed by atoms with van der Waals surface area (Å²) in [6.45, 7) is 0. The van der Waals surface area contributed by atoms with Gasteiger partial charge in [-0.2, -0.15) is 4.68 Å². The van der Waals surface area contributed by atoms with Gasteiger partial charge in [-0.15, -0.1) is 5.10 Å². The monoisotopic (exact) mass is 491 g/mol. The van der Waals surface area contributed by atoms with Crippen molar-refractivity contribution in [1.82, 2.24) is 30.5 Å². The van der Waals surface area contributed by atoms with Gasteiger partial charge in [0.25, 0.3) is 0 Å². The molecule has 0 fully saturated rings. The summed E-state index contributed by atoms with van der Waals surface area (Å²) in [6.07, 6.45) is 5.50. The molecule has 2 aromatic carbocycles. The fraction of sp³-hybridized carbons (Fsp3) is 0.0833. The Morgan fingerprint density at radius 1 is 1.11 bits per heavy atom. The molecule has 2 aromatic heterocycles. The number of nitrogens with one attached hydrogen (secondary N) is 2. The number of halogens is 2. The second-order valence-electron chi connectivity index (χ2n) is 7.39. The molecule has 4 rings (SSSR count). The van der Waals surface area contributed by atoms with E-state index >= 15 is 0 Å². The molecule has 0 aliphatic rings. The summed E-state index contributed by atoms with van der Waals surface area (Å²) in [5, 5.41) is 16.9. The molecule has 176 valence electrons. The molecule has 9 nitrogen and oxygen atoms in total. The van der Waals surface area contributed by atoms with Gasteiger partial charge in [-0.1, -0.05) is 41.9 Å². The van der Waals surface area contributed by atoms with Gasteiger partial charge in [0.1, 0.15) is 24.0 Å². The van der Waals surface area contributed by atoms with E-state index in [2.05, 4.69) is 31.1 Å². The molecule has 0 saturated carbocycles. The molecule has 4 aromatic rings. The van der Waals surface area contributed by atoms with Crippen molar-refractivity contribution in [3.05, 3.63) is 101 Å². The number of nitrogens with zero attached hydrogens (tertiary/aromatic N) is 5. The van der Waals surface area contributed by atoms with Crippen molar-refractivity contribution >= 4 is 35.3 Å². The lowest BCUT2D eigenvalue weighted by atomic mass is 10.0. The molecule has 1 atom stereocenters. The van der Waals surface area contributed by atoms with Crippen LogP contribution in [0.1, 0.15) is 11.1 Å². The average molecular weight is 492 g/mol. The first kappa shape index (κ1) is 23.7. The van der Waals surface area contributed by atoms with Gasteiger partial charge in [-0.3, -0.25) is 9.59 Å². The van der Waals surface area contributed by atoms with Crippen LogP contribution >= 0.6 is 11.6 Å². The molecular weight excluding hydrogens is 473 g/mol. The summed E-state index contributed by atoms with van der Waals surface area (Å²) < 4.78 is 14.6. The van der Waals surface area contributed by atoms with Crippen molar-refractivity contribution in [2.24, 2.45) is 0 Å². The highest BCUT2D eigenvalue weighted by molar-refractivity contribution is 6.30. The molecule has 2 amide bonds. The minimum atomic E-state index is -0.917. The van der Waals surface area contributed by atoms with Crippen LogP contribution in [-0.4, -0.2) is 43.0 Å². The van der Waals surface area contributed by atoms with Gasteiger partial charge >= 0.3 is 0 Å². The number of carbonyl (C=O) groups excluding carboxylic acids is 2. The molecule has 0 radical (unpaired) electrons. The minimum Gasteiger partial charge on any atom is -0.340 e. The fourth-order valence-corrected chi connectivity index (χ4v) is 3.43. The summed E-state index contributed by atoms with van der Waals surface area (Å²) in [7, 11) is 0. The van der Waals surface area contributed by atoms with Crippen molar-refractivity contribution in [1.29, 1.82) is 0 Å². The summed E-state index contributed by atoms with van der Waals surface area (Å²) in [6, 6.07) is 15.9. The molecule has 0 saturated heterocycles. The van der Waals surface area contributed by atoms with E-state index in [0.29, 0.717) is 16.3 Å². The number of benzene rings is 2. The topological polar surface area (TPSA) is 115 Å². The van der Waals surface area contributed by atoms with Gasteiger partial charge in [-0.05, 0) is 52.4 Å². The number of hydrogen-bond donors (Lipinski definition) is 2. The highest BCUT2D eigenvalue weighted by atomic mass is 35.5. The second kappa shape index (κ2) is 11.1. The quantitative estimate of drug-likeness (QED) is 0.366. The molecular formula is C24H19ClFN7O2. The lowest BCUT2D eigenvalue weighted by Crippen LogP contribution is -2.44. The van der Waals surface area contributed by atoms with Crippen LogP contribution in [0.2, 0.25) is 5.02 Å². The van der Waals surface area contributed by atoms with Crippen molar-refractivity contribution < 1.29 is 14.0 Å². The van der Waals surface area contributed by atoms with Crippen LogP contribution in [0.15, 0.2) is 79.3 Å². The molecule has 11 heteroatoms. The van der Waals surface area contributed by atoms with E-state index in [9.17, 15) is 14.0 Å². The first-order chi connectivity index (χ1) is 17.0. The number of rotatable bonds is 8. The zero-order valence-corrected chi connectivity index (χ0v) is 18.9. The van der Waals surface area contributed by atoms with Gasteiger partial charge < -0.3 is 10.6 Å². The Balaban J connectivity index is 1.52. The van der Waals surface area contributed by atoms with Crippen LogP contribution in [0.4, 0.5) is 10.2 Å². The normalized spacial score (nSPS) is 11.8. The van der Waals surface area contributed by atoms with E-state index in [1.165, 1.54) is 29.2 Å². The summed E-state index contributed by atoms with van der Waals surface area (Å²) in [5.41, 5.74) is 2.06. The third-order valence-corrected chi connectivity index (χ3v) is 5.13. The molecule has 1 unspecified atom stereocenters. The van der Waals surface area contributed by atoms with E-state index in [1.807, 2.05) is 30.3 Å². The van der Waals surface area contributed by atoms with Crippen LogP contribution in [0.25, 0.3) is 11.8 Å². The van der Waals surface area contributed by atoms with Crippen LogP contribution in [0, 0.1) is 5.82 Å². The minimum absolute atomic E-state index is 0.171. The predicted octanol–water partition coefficient (Wildman–Crippen LogP) is 3.23. The predicted molar refractivity (Wildman–Crippen MR) is 128 cm³/mol. The zero-order valence-electron chi connectivity index (χ0n) is 18.2. The molecule has 2 N–H and O–H groups in total. The van der Waals surface area contributed by atoms with Crippen LogP contribution in [0.3, 0.4) is 0 Å². The van der Waals surface area contributed by atoms with Gasteiger partial charge in [0, 0.05) is 23.1 Å². The number of amides is 2. The second-order valence-corrected chi connectivity index (χ2v) is 7.83. The van der Waals surface area contributed by atoms with Crippen LogP contribution < -0.4 is 10.6 Å². The lowest BCUT2D eigenvalue weighted by Gasteiger charge is -2.17. The largest absolute Gasteiger partial charge is 0.340 e. The van der Waals surface area contributed by atoms with Gasteiger partial charge in [-0.25, -0.2) is 9.37 Å². The molecule has 0 bridgehead atoms. The van der Waals surface area contributed by atoms with Gasteiger partial charge in [0.15, 0.2) is 0 Å². The summed E-state index contributed by atoms with van der Waals surface area (Å²) in [5.74, 6) is -1.35. The average Bonchev–Trinajstić information content (AvgIpc) is 3.39. The highest BCUT2D eigenvalue weighted by Gasteiger charge is 2.21.